The molecule has 62 heavy (non-hydrogen) atoms. The third-order valence-corrected chi connectivity index (χ3v) is 12.8. The molecule has 0 fully saturated rings. The average molecular weight is 895 g/mol. The van der Waals surface area contributed by atoms with Crippen molar-refractivity contribution >= 4 is 13.7 Å². The second-order valence-electron chi connectivity index (χ2n) is 19.2. The average Bonchev–Trinajstić information content (AvgIpc) is 3.23. The molecule has 3 unspecified atom stereocenters. The molecule has 0 heterocycles. The van der Waals surface area contributed by atoms with Gasteiger partial charge in [-0.15, -0.1) is 0 Å². The van der Waals surface area contributed by atoms with Gasteiger partial charge in [-0.3, -0.25) is 9.36 Å². The maximum Gasteiger partial charge on any atom is 0.268 e. The lowest BCUT2D eigenvalue weighted by atomic mass is 10.0. The van der Waals surface area contributed by atoms with E-state index in [-0.39, 0.29) is 12.5 Å². The van der Waals surface area contributed by atoms with Crippen molar-refractivity contribution in [2.75, 3.05) is 40.9 Å². The molecule has 2 N–H and O–H groups in total. The van der Waals surface area contributed by atoms with Crippen molar-refractivity contribution < 1.29 is 32.9 Å². The molecule has 0 rings (SSSR count). The first kappa shape index (κ1) is 60.7. The Morgan fingerprint density at radius 1 is 0.548 bits per heavy atom. The number of carbonyl (C=O) groups is 1. The Morgan fingerprint density at radius 2 is 0.903 bits per heavy atom. The fraction of sp³-hybridized carbons (Fsp3) is 0.868. The normalized spacial score (nSPS) is 14.4. The highest BCUT2D eigenvalue weighted by atomic mass is 31.2. The number of hydrogen-bond acceptors (Lipinski definition) is 6. The number of nitrogens with one attached hydrogen (secondary N) is 1. The van der Waals surface area contributed by atoms with Gasteiger partial charge >= 0.3 is 0 Å². The SMILES string of the molecule is CCCCC/C=C/CC/C=C/C(O)C(COP(=O)([O-])OCC[N+](C)(C)C)NC(=O)CCCCCCCCCCCCCCCCC/C=C\CCCCCCCCCCCCCC. The predicted octanol–water partition coefficient (Wildman–Crippen LogP) is 14.8. The molecule has 1 amide bonds. The molecule has 366 valence electrons. The van der Waals surface area contributed by atoms with Crippen LogP contribution in [0.4, 0.5) is 0 Å². The summed E-state index contributed by atoms with van der Waals surface area (Å²) in [5.74, 6) is -0.208. The summed E-state index contributed by atoms with van der Waals surface area (Å²) in [6.07, 6.45) is 56.8. The van der Waals surface area contributed by atoms with Crippen LogP contribution in [-0.4, -0.2) is 68.5 Å². The van der Waals surface area contributed by atoms with Crippen molar-refractivity contribution in [3.63, 3.8) is 0 Å². The Balaban J connectivity index is 3.97. The molecule has 0 aliphatic rings. The number of likely N-dealkylation sites (N-methyl/N-ethyl adjacent to an activating group) is 1. The Bertz CT molecular complexity index is 1110. The van der Waals surface area contributed by atoms with Crippen molar-refractivity contribution in [3.8, 4) is 0 Å². The Hall–Kier alpha value is -1.28. The lowest BCUT2D eigenvalue weighted by Gasteiger charge is -2.29. The summed E-state index contributed by atoms with van der Waals surface area (Å²) < 4.78 is 23.2. The standard InChI is InChI=1S/C53H103N2O6P/c1-6-8-10-12-14-16-17-18-19-20-21-22-23-24-25-26-27-28-29-30-31-32-33-34-35-36-37-39-41-43-45-47-53(57)54-51(50-61-62(58,59)60-49-48-55(3,4)5)52(56)46-44-42-40-38-15-13-11-9-7-2/h15,24-25,38,44,46,51-52,56H,6-14,16-23,26-37,39-43,45,47-50H2,1-5H3,(H-,54,57,58,59)/b25-24-,38-15+,46-44+. The van der Waals surface area contributed by atoms with Gasteiger partial charge in [-0.25, -0.2) is 0 Å². The first-order chi connectivity index (χ1) is 30.0. The minimum atomic E-state index is -4.59. The number of phosphoric ester groups is 1. The summed E-state index contributed by atoms with van der Waals surface area (Å²) >= 11 is 0. The lowest BCUT2D eigenvalue weighted by Crippen LogP contribution is -2.45. The Labute approximate surface area is 385 Å². The van der Waals surface area contributed by atoms with E-state index in [0.717, 1.165) is 38.5 Å². The summed E-state index contributed by atoms with van der Waals surface area (Å²) in [4.78, 5) is 25.3. The molecule has 0 aliphatic carbocycles. The van der Waals surface area contributed by atoms with Crippen LogP contribution in [0, 0.1) is 0 Å². The summed E-state index contributed by atoms with van der Waals surface area (Å²) in [5.41, 5.74) is 0. The van der Waals surface area contributed by atoms with Crippen molar-refractivity contribution in [3.05, 3.63) is 36.5 Å². The minimum Gasteiger partial charge on any atom is -0.756 e. The van der Waals surface area contributed by atoms with Crippen molar-refractivity contribution in [1.82, 2.24) is 5.32 Å². The first-order valence-electron chi connectivity index (χ1n) is 26.4. The van der Waals surface area contributed by atoms with Crippen LogP contribution in [0.25, 0.3) is 0 Å². The highest BCUT2D eigenvalue weighted by Crippen LogP contribution is 2.38. The van der Waals surface area contributed by atoms with Crippen LogP contribution >= 0.6 is 7.82 Å². The number of carbonyl (C=O) groups excluding carboxylic acids is 1. The molecule has 0 spiro atoms. The van der Waals surface area contributed by atoms with Gasteiger partial charge < -0.3 is 28.8 Å². The zero-order valence-corrected chi connectivity index (χ0v) is 42.5. The zero-order valence-electron chi connectivity index (χ0n) is 41.6. The van der Waals surface area contributed by atoms with Crippen LogP contribution in [0.15, 0.2) is 36.5 Å². The van der Waals surface area contributed by atoms with Gasteiger partial charge in [0.05, 0.1) is 39.9 Å². The fourth-order valence-corrected chi connectivity index (χ4v) is 8.36. The van der Waals surface area contributed by atoms with E-state index in [9.17, 15) is 19.4 Å². The molecular formula is C53H103N2O6P. The molecule has 0 aromatic carbocycles. The van der Waals surface area contributed by atoms with Crippen LogP contribution < -0.4 is 10.2 Å². The zero-order chi connectivity index (χ0) is 45.7. The van der Waals surface area contributed by atoms with Gasteiger partial charge in [0, 0.05) is 6.42 Å². The monoisotopic (exact) mass is 895 g/mol. The third kappa shape index (κ3) is 46.7. The molecule has 0 bridgehead atoms. The number of hydrogen-bond donors (Lipinski definition) is 2. The summed E-state index contributed by atoms with van der Waals surface area (Å²) in [6, 6.07) is -0.899. The van der Waals surface area contributed by atoms with Gasteiger partial charge in [-0.1, -0.05) is 217 Å². The summed E-state index contributed by atoms with van der Waals surface area (Å²) in [6.45, 7) is 4.58. The molecule has 8 nitrogen and oxygen atoms in total. The van der Waals surface area contributed by atoms with E-state index in [1.807, 2.05) is 27.2 Å². The molecule has 9 heteroatoms. The number of unbranched alkanes of at least 4 members (excludes halogenated alkanes) is 31. The molecular weight excluding hydrogens is 792 g/mol. The number of nitrogens with zero attached hydrogens (tertiary/aromatic N) is 1. The molecule has 0 aromatic heterocycles. The van der Waals surface area contributed by atoms with Crippen LogP contribution in [-0.2, 0) is 18.4 Å². The maximum absolute atomic E-state index is 12.9. The van der Waals surface area contributed by atoms with Crippen molar-refractivity contribution in [2.45, 2.75) is 257 Å². The second-order valence-corrected chi connectivity index (χ2v) is 20.6. The topological polar surface area (TPSA) is 108 Å². The predicted molar refractivity (Wildman–Crippen MR) is 265 cm³/mol. The first-order valence-corrected chi connectivity index (χ1v) is 27.8. The van der Waals surface area contributed by atoms with Crippen LogP contribution in [0.2, 0.25) is 0 Å². The van der Waals surface area contributed by atoms with Crippen LogP contribution in [0.1, 0.15) is 245 Å². The number of amides is 1. The molecule has 3 atom stereocenters. The van der Waals surface area contributed by atoms with E-state index in [2.05, 4.69) is 43.5 Å². The number of phosphoric acid groups is 1. The second kappa shape index (κ2) is 44.9. The number of aliphatic hydroxyl groups excluding tert-OH is 1. The molecule has 0 aliphatic heterocycles. The largest absolute Gasteiger partial charge is 0.756 e. The molecule has 0 saturated carbocycles. The van der Waals surface area contributed by atoms with E-state index < -0.39 is 26.6 Å². The summed E-state index contributed by atoms with van der Waals surface area (Å²) in [5, 5.41) is 13.7. The number of quaternary nitrogens is 1. The van der Waals surface area contributed by atoms with Gasteiger partial charge in [-0.2, -0.15) is 0 Å². The van der Waals surface area contributed by atoms with Crippen LogP contribution in [0.5, 0.6) is 0 Å². The number of aliphatic hydroxyl groups is 1. The number of rotatable bonds is 48. The Morgan fingerprint density at radius 3 is 1.34 bits per heavy atom. The lowest BCUT2D eigenvalue weighted by molar-refractivity contribution is -0.870. The van der Waals surface area contributed by atoms with E-state index in [0.29, 0.717) is 17.4 Å². The smallest absolute Gasteiger partial charge is 0.268 e. The maximum atomic E-state index is 12.9. The van der Waals surface area contributed by atoms with E-state index in [4.69, 9.17) is 9.05 Å². The highest BCUT2D eigenvalue weighted by Gasteiger charge is 2.23. The highest BCUT2D eigenvalue weighted by molar-refractivity contribution is 7.45. The van der Waals surface area contributed by atoms with Gasteiger partial charge in [0.2, 0.25) is 5.91 Å². The van der Waals surface area contributed by atoms with Gasteiger partial charge in [0.15, 0.2) is 0 Å². The molecule has 0 saturated heterocycles. The third-order valence-electron chi connectivity index (χ3n) is 11.8. The minimum absolute atomic E-state index is 0.00597. The van der Waals surface area contributed by atoms with Crippen molar-refractivity contribution in [1.29, 1.82) is 0 Å². The van der Waals surface area contributed by atoms with E-state index in [1.54, 1.807) is 6.08 Å². The van der Waals surface area contributed by atoms with Crippen molar-refractivity contribution in [2.24, 2.45) is 0 Å². The van der Waals surface area contributed by atoms with E-state index >= 15 is 0 Å². The summed E-state index contributed by atoms with van der Waals surface area (Å²) in [7, 11) is 1.25. The van der Waals surface area contributed by atoms with Gasteiger partial charge in [0.25, 0.3) is 7.82 Å². The molecule has 0 aromatic rings. The molecule has 0 radical (unpaired) electrons. The van der Waals surface area contributed by atoms with Crippen LogP contribution in [0.3, 0.4) is 0 Å². The van der Waals surface area contributed by atoms with E-state index in [1.165, 1.54) is 186 Å². The quantitative estimate of drug-likeness (QED) is 0.0273. The number of allylic oxidation sites excluding steroid dienone is 5. The van der Waals surface area contributed by atoms with Gasteiger partial charge in [-0.05, 0) is 57.8 Å². The fourth-order valence-electron chi connectivity index (χ4n) is 7.63. The Kier molecular flexibility index (Phi) is 44.0. The van der Waals surface area contributed by atoms with Gasteiger partial charge in [0.1, 0.15) is 13.2 Å².